The lowest BCUT2D eigenvalue weighted by atomic mass is 10.1. The summed E-state index contributed by atoms with van der Waals surface area (Å²) in [6.07, 6.45) is 6.17. The Morgan fingerprint density at radius 3 is 2.46 bits per heavy atom. The number of benzene rings is 2. The number of amides is 2. The number of aromatic nitrogens is 2. The second-order valence-corrected chi connectivity index (χ2v) is 9.19. The zero-order chi connectivity index (χ0) is 24.2. The van der Waals surface area contributed by atoms with Crippen molar-refractivity contribution in [2.24, 2.45) is 0 Å². The molecule has 35 heavy (non-hydrogen) atoms. The smallest absolute Gasteiger partial charge is 0.278 e. The van der Waals surface area contributed by atoms with Crippen LogP contribution in [-0.2, 0) is 0 Å². The second-order valence-electron chi connectivity index (χ2n) is 9.19. The number of nitrogens with zero attached hydrogens (tertiary/aromatic N) is 4. The molecule has 8 heteroatoms. The fourth-order valence-electron chi connectivity index (χ4n) is 4.92. The van der Waals surface area contributed by atoms with Crippen LogP contribution in [0.15, 0.2) is 60.8 Å². The first-order valence-electron chi connectivity index (χ1n) is 12.2. The molecule has 2 aliphatic rings. The maximum atomic E-state index is 13.3. The lowest BCUT2D eigenvalue weighted by Crippen LogP contribution is -2.42. The van der Waals surface area contributed by atoms with Gasteiger partial charge in [-0.3, -0.25) is 9.59 Å². The molecule has 0 unspecified atom stereocenters. The quantitative estimate of drug-likeness (QED) is 0.570. The van der Waals surface area contributed by atoms with E-state index >= 15 is 0 Å². The zero-order valence-electron chi connectivity index (χ0n) is 19.7. The number of nitrogens with one attached hydrogen (secondary N) is 1. The molecule has 1 atom stereocenters. The fourth-order valence-corrected chi connectivity index (χ4v) is 4.92. The summed E-state index contributed by atoms with van der Waals surface area (Å²) in [4.78, 5) is 39.1. The predicted octanol–water partition coefficient (Wildman–Crippen LogP) is 3.68. The number of hydrogen-bond donors (Lipinski definition) is 2. The zero-order valence-corrected chi connectivity index (χ0v) is 19.7. The van der Waals surface area contributed by atoms with Gasteiger partial charge >= 0.3 is 0 Å². The summed E-state index contributed by atoms with van der Waals surface area (Å²) in [6, 6.07) is 16.7. The molecule has 0 radical (unpaired) electrons. The van der Waals surface area contributed by atoms with Crippen molar-refractivity contribution in [2.75, 3.05) is 37.2 Å². The van der Waals surface area contributed by atoms with Crippen LogP contribution in [-0.4, -0.2) is 63.8 Å². The number of carbonyl (C=O) groups is 2. The Hall–Kier alpha value is -3.78. The van der Waals surface area contributed by atoms with Crippen LogP contribution < -0.4 is 11.1 Å². The van der Waals surface area contributed by atoms with E-state index in [1.54, 1.807) is 12.1 Å². The minimum atomic E-state index is -0.423. The van der Waals surface area contributed by atoms with E-state index < -0.39 is 5.91 Å². The average molecular weight is 471 g/mol. The third-order valence-corrected chi connectivity index (χ3v) is 6.78. The third-order valence-electron chi connectivity index (χ3n) is 6.78. The van der Waals surface area contributed by atoms with E-state index in [9.17, 15) is 9.59 Å². The molecule has 3 N–H and O–H groups in total. The van der Waals surface area contributed by atoms with E-state index in [0.717, 1.165) is 44.6 Å². The summed E-state index contributed by atoms with van der Waals surface area (Å²) in [6.45, 7) is 4.06. The van der Waals surface area contributed by atoms with Crippen molar-refractivity contribution in [1.82, 2.24) is 19.8 Å². The highest BCUT2D eigenvalue weighted by Gasteiger charge is 2.31. The molecular formula is C27H30N6O2. The lowest BCUT2D eigenvalue weighted by Gasteiger charge is -2.28. The largest absolute Gasteiger partial charge is 0.382 e. The first-order chi connectivity index (χ1) is 17.1. The molecule has 0 saturated carbocycles. The number of para-hydroxylation sites is 1. The average Bonchev–Trinajstić information content (AvgIpc) is 3.57. The monoisotopic (exact) mass is 470 g/mol. The molecule has 8 nitrogen and oxygen atoms in total. The van der Waals surface area contributed by atoms with Crippen molar-refractivity contribution in [3.05, 3.63) is 72.1 Å². The van der Waals surface area contributed by atoms with Gasteiger partial charge in [-0.05, 0) is 63.0 Å². The Kier molecular flexibility index (Phi) is 6.72. The van der Waals surface area contributed by atoms with Gasteiger partial charge in [-0.2, -0.15) is 0 Å². The summed E-state index contributed by atoms with van der Waals surface area (Å²) in [5.41, 5.74) is 8.59. The first kappa shape index (κ1) is 23.0. The van der Waals surface area contributed by atoms with Gasteiger partial charge in [0, 0.05) is 35.9 Å². The van der Waals surface area contributed by atoms with E-state index in [2.05, 4.69) is 20.2 Å². The summed E-state index contributed by atoms with van der Waals surface area (Å²) in [5, 5.41) is 2.79. The third kappa shape index (κ3) is 5.17. The molecule has 0 bridgehead atoms. The molecule has 0 aliphatic carbocycles. The van der Waals surface area contributed by atoms with Crippen molar-refractivity contribution in [3.63, 3.8) is 0 Å². The highest BCUT2D eigenvalue weighted by Crippen LogP contribution is 2.25. The summed E-state index contributed by atoms with van der Waals surface area (Å²) >= 11 is 0. The van der Waals surface area contributed by atoms with Crippen molar-refractivity contribution >= 4 is 23.3 Å². The van der Waals surface area contributed by atoms with Crippen LogP contribution in [0.2, 0.25) is 0 Å². The molecule has 2 saturated heterocycles. The molecule has 180 valence electrons. The number of carbonyl (C=O) groups excluding carboxylic acids is 2. The Morgan fingerprint density at radius 2 is 1.71 bits per heavy atom. The first-order valence-corrected chi connectivity index (χ1v) is 12.2. The molecule has 2 fully saturated rings. The molecule has 2 aliphatic heterocycles. The van der Waals surface area contributed by atoms with Crippen LogP contribution in [0.25, 0.3) is 11.3 Å². The molecule has 2 amide bonds. The van der Waals surface area contributed by atoms with Crippen molar-refractivity contribution in [3.8, 4) is 11.3 Å². The van der Waals surface area contributed by atoms with E-state index in [1.165, 1.54) is 19.0 Å². The SMILES string of the molecule is Nc1ncc(-c2ccc(C(=O)N3CCC[C@@H]3CN3CCCC3)cc2)nc1C(=O)Nc1ccccc1. The van der Waals surface area contributed by atoms with Gasteiger partial charge in [-0.15, -0.1) is 0 Å². The number of nitrogen functional groups attached to an aromatic ring is 1. The molecule has 3 aromatic rings. The van der Waals surface area contributed by atoms with Gasteiger partial charge in [0.2, 0.25) is 0 Å². The summed E-state index contributed by atoms with van der Waals surface area (Å²) in [5.74, 6) is -0.287. The Morgan fingerprint density at radius 1 is 0.971 bits per heavy atom. The van der Waals surface area contributed by atoms with Crippen LogP contribution in [0.3, 0.4) is 0 Å². The normalized spacial score (nSPS) is 18.1. The summed E-state index contributed by atoms with van der Waals surface area (Å²) in [7, 11) is 0. The second kappa shape index (κ2) is 10.2. The Labute approximate surface area is 205 Å². The number of rotatable bonds is 6. The van der Waals surface area contributed by atoms with Crippen LogP contribution in [0.1, 0.15) is 46.5 Å². The van der Waals surface area contributed by atoms with Gasteiger partial charge in [-0.1, -0.05) is 30.3 Å². The van der Waals surface area contributed by atoms with Crippen molar-refractivity contribution in [1.29, 1.82) is 0 Å². The lowest BCUT2D eigenvalue weighted by molar-refractivity contribution is 0.0708. The van der Waals surface area contributed by atoms with Gasteiger partial charge in [0.25, 0.3) is 11.8 Å². The van der Waals surface area contributed by atoms with Gasteiger partial charge in [-0.25, -0.2) is 9.97 Å². The molecule has 0 spiro atoms. The molecule has 2 aromatic carbocycles. The summed E-state index contributed by atoms with van der Waals surface area (Å²) < 4.78 is 0. The minimum absolute atomic E-state index is 0.0621. The molecule has 3 heterocycles. The molecular weight excluding hydrogens is 440 g/mol. The number of nitrogens with two attached hydrogens (primary N) is 1. The number of anilines is 2. The van der Waals surface area contributed by atoms with Crippen LogP contribution in [0, 0.1) is 0 Å². The van der Waals surface area contributed by atoms with Crippen LogP contribution >= 0.6 is 0 Å². The van der Waals surface area contributed by atoms with E-state index in [-0.39, 0.29) is 23.5 Å². The minimum Gasteiger partial charge on any atom is -0.382 e. The molecule has 5 rings (SSSR count). The molecule has 1 aromatic heterocycles. The topological polar surface area (TPSA) is 104 Å². The number of hydrogen-bond acceptors (Lipinski definition) is 6. The predicted molar refractivity (Wildman–Crippen MR) is 136 cm³/mol. The van der Waals surface area contributed by atoms with Gasteiger partial charge in [0.1, 0.15) is 0 Å². The maximum absolute atomic E-state index is 13.3. The maximum Gasteiger partial charge on any atom is 0.278 e. The fraction of sp³-hybridized carbons (Fsp3) is 0.333. The Bertz CT molecular complexity index is 1190. The van der Waals surface area contributed by atoms with Gasteiger partial charge in [0.15, 0.2) is 11.5 Å². The van der Waals surface area contributed by atoms with Crippen LogP contribution in [0.5, 0.6) is 0 Å². The van der Waals surface area contributed by atoms with E-state index in [1.807, 2.05) is 47.4 Å². The van der Waals surface area contributed by atoms with Gasteiger partial charge < -0.3 is 20.9 Å². The van der Waals surface area contributed by atoms with E-state index in [4.69, 9.17) is 5.73 Å². The highest BCUT2D eigenvalue weighted by atomic mass is 16.2. The standard InChI is InChI=1S/C27H30N6O2/c28-25-24(26(34)30-21-7-2-1-3-8-21)31-23(17-29-25)19-10-12-20(13-11-19)27(35)33-16-6-9-22(33)18-32-14-4-5-15-32/h1-3,7-8,10-13,17,22H,4-6,9,14-16,18H2,(H2,28,29)(H,30,34)/t22-/m1/s1. The van der Waals surface area contributed by atoms with Gasteiger partial charge in [0.05, 0.1) is 11.9 Å². The number of likely N-dealkylation sites (tertiary alicyclic amines) is 2. The highest BCUT2D eigenvalue weighted by molar-refractivity contribution is 6.06. The van der Waals surface area contributed by atoms with Crippen molar-refractivity contribution < 1.29 is 9.59 Å². The van der Waals surface area contributed by atoms with Crippen LogP contribution in [0.4, 0.5) is 11.5 Å². The van der Waals surface area contributed by atoms with Crippen molar-refractivity contribution in [2.45, 2.75) is 31.7 Å². The van der Waals surface area contributed by atoms with E-state index in [0.29, 0.717) is 16.9 Å². The Balaban J connectivity index is 1.30.